The number of hydrogen-bond acceptors (Lipinski definition) is 1. The normalized spacial score (nSPS) is 33.4. The largest absolute Gasteiger partial charge is 0.294 e. The smallest absolute Gasteiger partial charge is 0.0661 e. The topological polar surface area (TPSA) is 12.4 Å². The van der Waals surface area contributed by atoms with Crippen LogP contribution in [0.5, 0.6) is 0 Å². The minimum Gasteiger partial charge on any atom is -0.294 e. The molecule has 1 heteroatoms. The van der Waals surface area contributed by atoms with Crippen molar-refractivity contribution >= 4 is 6.72 Å². The van der Waals surface area contributed by atoms with E-state index in [2.05, 4.69) is 32.5 Å². The Morgan fingerprint density at radius 3 is 1.82 bits per heavy atom. The van der Waals surface area contributed by atoms with Crippen molar-refractivity contribution in [3.63, 3.8) is 0 Å². The molecular formula is C10H19N. The van der Waals surface area contributed by atoms with Gasteiger partial charge in [0.15, 0.2) is 0 Å². The SMILES string of the molecule is C=NC1(CC)CC1(CC)CC. The van der Waals surface area contributed by atoms with Gasteiger partial charge in [-0.2, -0.15) is 0 Å². The van der Waals surface area contributed by atoms with E-state index in [1.807, 2.05) is 0 Å². The average molecular weight is 153 g/mol. The summed E-state index contributed by atoms with van der Waals surface area (Å²) in [7, 11) is 0. The van der Waals surface area contributed by atoms with Gasteiger partial charge in [0.05, 0.1) is 5.54 Å². The third-order valence-corrected chi connectivity index (χ3v) is 3.73. The van der Waals surface area contributed by atoms with E-state index in [1.165, 1.54) is 19.3 Å². The molecule has 1 aliphatic rings. The zero-order chi connectivity index (χ0) is 8.54. The van der Waals surface area contributed by atoms with Crippen LogP contribution in [0.15, 0.2) is 4.99 Å². The Balaban J connectivity index is 2.73. The first-order valence-corrected chi connectivity index (χ1v) is 4.68. The second-order valence-corrected chi connectivity index (χ2v) is 3.71. The van der Waals surface area contributed by atoms with E-state index < -0.39 is 0 Å². The van der Waals surface area contributed by atoms with E-state index >= 15 is 0 Å². The van der Waals surface area contributed by atoms with E-state index in [1.54, 1.807) is 0 Å². The van der Waals surface area contributed by atoms with Crippen molar-refractivity contribution in [3.05, 3.63) is 0 Å². The molecule has 0 spiro atoms. The molecule has 0 saturated heterocycles. The molecule has 0 N–H and O–H groups in total. The van der Waals surface area contributed by atoms with Crippen molar-refractivity contribution in [2.24, 2.45) is 10.4 Å². The lowest BCUT2D eigenvalue weighted by atomic mass is 9.92. The fourth-order valence-electron chi connectivity index (χ4n) is 2.51. The molecule has 11 heavy (non-hydrogen) atoms. The summed E-state index contributed by atoms with van der Waals surface area (Å²) in [4.78, 5) is 4.30. The molecule has 0 aromatic heterocycles. The third kappa shape index (κ3) is 0.935. The first kappa shape index (κ1) is 8.76. The number of hydrogen-bond donors (Lipinski definition) is 0. The molecule has 0 aromatic carbocycles. The van der Waals surface area contributed by atoms with Crippen molar-refractivity contribution in [2.75, 3.05) is 0 Å². The van der Waals surface area contributed by atoms with Crippen LogP contribution in [-0.4, -0.2) is 12.3 Å². The van der Waals surface area contributed by atoms with E-state index in [-0.39, 0.29) is 5.54 Å². The number of nitrogens with zero attached hydrogens (tertiary/aromatic N) is 1. The fraction of sp³-hybridized carbons (Fsp3) is 0.900. The Morgan fingerprint density at radius 2 is 1.73 bits per heavy atom. The monoisotopic (exact) mass is 153 g/mol. The predicted molar refractivity (Wildman–Crippen MR) is 50.2 cm³/mol. The van der Waals surface area contributed by atoms with Gasteiger partial charge < -0.3 is 0 Å². The molecule has 64 valence electrons. The lowest BCUT2D eigenvalue weighted by Crippen LogP contribution is -2.15. The highest BCUT2D eigenvalue weighted by Crippen LogP contribution is 2.64. The first-order valence-electron chi connectivity index (χ1n) is 4.68. The van der Waals surface area contributed by atoms with Crippen LogP contribution in [0.4, 0.5) is 0 Å². The van der Waals surface area contributed by atoms with Crippen molar-refractivity contribution in [2.45, 2.75) is 52.0 Å². The summed E-state index contributed by atoms with van der Waals surface area (Å²) in [5.74, 6) is 0. The summed E-state index contributed by atoms with van der Waals surface area (Å²) in [6.07, 6.45) is 4.96. The highest BCUT2D eigenvalue weighted by Gasteiger charge is 2.63. The van der Waals surface area contributed by atoms with E-state index in [0.717, 1.165) is 6.42 Å². The highest BCUT2D eigenvalue weighted by atomic mass is 15.0. The predicted octanol–water partition coefficient (Wildman–Crippen LogP) is 3.05. The maximum absolute atomic E-state index is 4.30. The van der Waals surface area contributed by atoms with E-state index in [9.17, 15) is 0 Å². The minimum absolute atomic E-state index is 0.260. The lowest BCUT2D eigenvalue weighted by Gasteiger charge is -2.17. The molecule has 0 radical (unpaired) electrons. The van der Waals surface area contributed by atoms with Crippen molar-refractivity contribution in [3.8, 4) is 0 Å². The number of aliphatic imine (C=N–C) groups is 1. The molecular weight excluding hydrogens is 134 g/mol. The molecule has 1 rings (SSSR count). The van der Waals surface area contributed by atoms with Crippen LogP contribution in [-0.2, 0) is 0 Å². The molecule has 1 atom stereocenters. The molecule has 0 aliphatic heterocycles. The molecule has 0 heterocycles. The molecule has 1 aliphatic carbocycles. The molecule has 1 nitrogen and oxygen atoms in total. The fourth-order valence-corrected chi connectivity index (χ4v) is 2.51. The van der Waals surface area contributed by atoms with Crippen LogP contribution in [0.3, 0.4) is 0 Å². The van der Waals surface area contributed by atoms with Crippen LogP contribution >= 0.6 is 0 Å². The summed E-state index contributed by atoms with van der Waals surface area (Å²) in [6, 6.07) is 0. The molecule has 1 saturated carbocycles. The van der Waals surface area contributed by atoms with Gasteiger partial charge in [0.2, 0.25) is 0 Å². The maximum atomic E-state index is 4.30. The van der Waals surface area contributed by atoms with Gasteiger partial charge in [-0.15, -0.1) is 0 Å². The first-order chi connectivity index (χ1) is 5.20. The number of rotatable bonds is 4. The van der Waals surface area contributed by atoms with Crippen molar-refractivity contribution in [1.82, 2.24) is 0 Å². The zero-order valence-electron chi connectivity index (χ0n) is 7.98. The molecule has 0 bridgehead atoms. The van der Waals surface area contributed by atoms with Crippen LogP contribution in [0.2, 0.25) is 0 Å². The quantitative estimate of drug-likeness (QED) is 0.550. The van der Waals surface area contributed by atoms with Crippen molar-refractivity contribution < 1.29 is 0 Å². The summed E-state index contributed by atoms with van der Waals surface area (Å²) in [5, 5.41) is 0. The maximum Gasteiger partial charge on any atom is 0.0661 e. The van der Waals surface area contributed by atoms with Crippen molar-refractivity contribution in [1.29, 1.82) is 0 Å². The standard InChI is InChI=1S/C10H19N/c1-5-9(6-2)8-10(9,7-3)11-4/h4-8H2,1-3H3. The highest BCUT2D eigenvalue weighted by molar-refractivity contribution is 5.33. The molecule has 1 unspecified atom stereocenters. The van der Waals surface area contributed by atoms with Gasteiger partial charge in [0.25, 0.3) is 0 Å². The summed E-state index contributed by atoms with van der Waals surface area (Å²) < 4.78 is 0. The van der Waals surface area contributed by atoms with Gasteiger partial charge in [0, 0.05) is 0 Å². The Labute approximate surface area is 69.9 Å². The molecule has 1 fully saturated rings. The second-order valence-electron chi connectivity index (χ2n) is 3.71. The average Bonchev–Trinajstić information content (AvgIpc) is 2.75. The van der Waals surface area contributed by atoms with Gasteiger partial charge in [-0.25, -0.2) is 0 Å². The van der Waals surface area contributed by atoms with Gasteiger partial charge in [-0.1, -0.05) is 20.8 Å². The Morgan fingerprint density at radius 1 is 1.18 bits per heavy atom. The minimum atomic E-state index is 0.260. The van der Waals surface area contributed by atoms with E-state index in [4.69, 9.17) is 0 Å². The Bertz CT molecular complexity index is 158. The summed E-state index contributed by atoms with van der Waals surface area (Å²) in [5.41, 5.74) is 0.778. The van der Waals surface area contributed by atoms with Crippen LogP contribution in [0.1, 0.15) is 46.5 Å². The van der Waals surface area contributed by atoms with E-state index in [0.29, 0.717) is 5.41 Å². The lowest BCUT2D eigenvalue weighted by molar-refractivity contribution is 0.382. The van der Waals surface area contributed by atoms with Gasteiger partial charge in [0.1, 0.15) is 0 Å². The summed E-state index contributed by atoms with van der Waals surface area (Å²) in [6.45, 7) is 10.5. The second kappa shape index (κ2) is 2.62. The summed E-state index contributed by atoms with van der Waals surface area (Å²) >= 11 is 0. The van der Waals surface area contributed by atoms with Crippen LogP contribution in [0.25, 0.3) is 0 Å². The zero-order valence-corrected chi connectivity index (χ0v) is 7.98. The van der Waals surface area contributed by atoms with Gasteiger partial charge >= 0.3 is 0 Å². The molecule has 0 amide bonds. The Hall–Kier alpha value is -0.330. The van der Waals surface area contributed by atoms with Crippen LogP contribution < -0.4 is 0 Å². The Kier molecular flexibility index (Phi) is 2.08. The molecule has 0 aromatic rings. The van der Waals surface area contributed by atoms with Crippen LogP contribution in [0, 0.1) is 5.41 Å². The van der Waals surface area contributed by atoms with Gasteiger partial charge in [-0.05, 0) is 37.8 Å². The van der Waals surface area contributed by atoms with Gasteiger partial charge in [-0.3, -0.25) is 4.99 Å². The third-order valence-electron chi connectivity index (χ3n) is 3.73.